The summed E-state index contributed by atoms with van der Waals surface area (Å²) in [6, 6.07) is 6.38. The van der Waals surface area contributed by atoms with Crippen LogP contribution in [0.1, 0.15) is 37.7 Å². The van der Waals surface area contributed by atoms with Gasteiger partial charge in [0.15, 0.2) is 0 Å². The van der Waals surface area contributed by atoms with E-state index in [0.717, 1.165) is 28.6 Å². The number of carbonyl (C=O) groups is 1. The molecule has 2 aliphatic rings. The number of halogens is 1. The SMILES string of the molecule is COc1ccc(Br)cc1CC(=O)NC1C2CCCC1CC(N)C2. The zero-order valence-electron chi connectivity index (χ0n) is 13.6. The number of hydrogen-bond acceptors (Lipinski definition) is 3. The summed E-state index contributed by atoms with van der Waals surface area (Å²) >= 11 is 3.46. The van der Waals surface area contributed by atoms with Crippen molar-refractivity contribution in [3.63, 3.8) is 0 Å². The van der Waals surface area contributed by atoms with Crippen LogP contribution in [0.5, 0.6) is 5.75 Å². The number of rotatable bonds is 4. The molecule has 1 aromatic carbocycles. The maximum absolute atomic E-state index is 12.6. The molecule has 0 aromatic heterocycles. The van der Waals surface area contributed by atoms with Crippen LogP contribution in [-0.2, 0) is 11.2 Å². The van der Waals surface area contributed by atoms with Gasteiger partial charge in [-0.1, -0.05) is 22.4 Å². The normalized spacial score (nSPS) is 29.9. The van der Waals surface area contributed by atoms with E-state index in [2.05, 4.69) is 21.2 Å². The molecule has 2 fully saturated rings. The summed E-state index contributed by atoms with van der Waals surface area (Å²) in [6.07, 6.45) is 6.09. The fraction of sp³-hybridized carbons (Fsp3) is 0.611. The molecule has 3 rings (SSSR count). The summed E-state index contributed by atoms with van der Waals surface area (Å²) < 4.78 is 6.32. The first-order chi connectivity index (χ1) is 11.1. The minimum Gasteiger partial charge on any atom is -0.496 e. The molecule has 2 atom stereocenters. The van der Waals surface area contributed by atoms with Gasteiger partial charge in [0.25, 0.3) is 0 Å². The largest absolute Gasteiger partial charge is 0.496 e. The van der Waals surface area contributed by atoms with Gasteiger partial charge in [-0.15, -0.1) is 0 Å². The second kappa shape index (κ2) is 7.22. The minimum absolute atomic E-state index is 0.0822. The van der Waals surface area contributed by atoms with Crippen LogP contribution in [0.4, 0.5) is 0 Å². The van der Waals surface area contributed by atoms with Crippen LogP contribution >= 0.6 is 15.9 Å². The van der Waals surface area contributed by atoms with E-state index in [0.29, 0.717) is 30.3 Å². The highest BCUT2D eigenvalue weighted by molar-refractivity contribution is 9.10. The molecule has 0 radical (unpaired) electrons. The number of benzene rings is 1. The van der Waals surface area contributed by atoms with E-state index in [9.17, 15) is 4.79 Å². The van der Waals surface area contributed by atoms with Crippen LogP contribution in [0.25, 0.3) is 0 Å². The van der Waals surface area contributed by atoms with Gasteiger partial charge in [0.1, 0.15) is 5.75 Å². The molecular formula is C18H25BrN2O2. The molecule has 2 saturated carbocycles. The van der Waals surface area contributed by atoms with E-state index in [-0.39, 0.29) is 5.91 Å². The standard InChI is InChI=1S/C18H25BrN2O2/c1-23-16-6-5-14(19)7-13(16)10-17(22)21-18-11-3-2-4-12(18)9-15(20)8-11/h5-7,11-12,15,18H,2-4,8-10,20H2,1H3,(H,21,22). The van der Waals surface area contributed by atoms with Crippen molar-refractivity contribution in [3.8, 4) is 5.75 Å². The average molecular weight is 381 g/mol. The lowest BCUT2D eigenvalue weighted by Gasteiger charge is -2.45. The van der Waals surface area contributed by atoms with Gasteiger partial charge in [-0.05, 0) is 55.7 Å². The van der Waals surface area contributed by atoms with E-state index in [1.54, 1.807) is 7.11 Å². The average Bonchev–Trinajstić information content (AvgIpc) is 2.48. The quantitative estimate of drug-likeness (QED) is 0.843. The van der Waals surface area contributed by atoms with Crippen LogP contribution in [0, 0.1) is 11.8 Å². The Bertz CT molecular complexity index is 564. The Labute approximate surface area is 146 Å². The Morgan fingerprint density at radius 3 is 2.70 bits per heavy atom. The van der Waals surface area contributed by atoms with Crippen LogP contribution in [0.15, 0.2) is 22.7 Å². The number of hydrogen-bond donors (Lipinski definition) is 2. The molecule has 0 spiro atoms. The third-order valence-electron chi connectivity index (χ3n) is 5.30. The van der Waals surface area contributed by atoms with Gasteiger partial charge in [-0.2, -0.15) is 0 Å². The Morgan fingerprint density at radius 1 is 1.35 bits per heavy atom. The predicted molar refractivity (Wildman–Crippen MR) is 94.4 cm³/mol. The second-order valence-electron chi connectivity index (χ2n) is 6.91. The molecule has 0 saturated heterocycles. The van der Waals surface area contributed by atoms with Crippen molar-refractivity contribution in [2.75, 3.05) is 7.11 Å². The first kappa shape index (κ1) is 16.8. The number of ether oxygens (including phenoxy) is 1. The third-order valence-corrected chi connectivity index (χ3v) is 5.79. The smallest absolute Gasteiger partial charge is 0.224 e. The Kier molecular flexibility index (Phi) is 5.27. The van der Waals surface area contributed by atoms with Gasteiger partial charge in [-0.25, -0.2) is 0 Å². The van der Waals surface area contributed by atoms with E-state index >= 15 is 0 Å². The van der Waals surface area contributed by atoms with Crippen molar-refractivity contribution in [1.82, 2.24) is 5.32 Å². The van der Waals surface area contributed by atoms with Crippen molar-refractivity contribution in [3.05, 3.63) is 28.2 Å². The Hall–Kier alpha value is -1.07. The van der Waals surface area contributed by atoms with Crippen LogP contribution < -0.4 is 15.8 Å². The second-order valence-corrected chi connectivity index (χ2v) is 7.82. The summed E-state index contributed by atoms with van der Waals surface area (Å²) in [4.78, 5) is 12.6. The summed E-state index contributed by atoms with van der Waals surface area (Å²) in [5.74, 6) is 1.93. The predicted octanol–water partition coefficient (Wildman–Crippen LogP) is 3.02. The van der Waals surface area contributed by atoms with Crippen molar-refractivity contribution in [2.45, 2.75) is 50.6 Å². The lowest BCUT2D eigenvalue weighted by molar-refractivity contribution is -0.122. The highest BCUT2D eigenvalue weighted by Gasteiger charge is 2.39. The van der Waals surface area contributed by atoms with Gasteiger partial charge in [0.05, 0.1) is 13.5 Å². The fourth-order valence-corrected chi connectivity index (χ4v) is 4.73. The van der Waals surface area contributed by atoms with Crippen LogP contribution in [0.2, 0.25) is 0 Å². The van der Waals surface area contributed by atoms with Gasteiger partial charge in [0.2, 0.25) is 5.91 Å². The molecule has 2 aliphatic carbocycles. The van der Waals surface area contributed by atoms with Crippen molar-refractivity contribution in [2.24, 2.45) is 17.6 Å². The Balaban J connectivity index is 1.67. The molecule has 2 unspecified atom stereocenters. The number of amides is 1. The fourth-order valence-electron chi connectivity index (χ4n) is 4.32. The van der Waals surface area contributed by atoms with Crippen molar-refractivity contribution >= 4 is 21.8 Å². The van der Waals surface area contributed by atoms with E-state index in [1.807, 2.05) is 18.2 Å². The zero-order valence-corrected chi connectivity index (χ0v) is 15.1. The molecule has 1 amide bonds. The van der Waals surface area contributed by atoms with Gasteiger partial charge in [-0.3, -0.25) is 4.79 Å². The molecule has 5 heteroatoms. The highest BCUT2D eigenvalue weighted by atomic mass is 79.9. The minimum atomic E-state index is 0.0822. The molecule has 4 nitrogen and oxygen atoms in total. The molecule has 0 heterocycles. The molecule has 126 valence electrons. The summed E-state index contributed by atoms with van der Waals surface area (Å²) in [7, 11) is 1.64. The molecular weight excluding hydrogens is 356 g/mol. The number of fused-ring (bicyclic) bond motifs is 2. The van der Waals surface area contributed by atoms with E-state index in [4.69, 9.17) is 10.5 Å². The first-order valence-corrected chi connectivity index (χ1v) is 9.23. The molecule has 3 N–H and O–H groups in total. The Morgan fingerprint density at radius 2 is 2.04 bits per heavy atom. The van der Waals surface area contributed by atoms with E-state index < -0.39 is 0 Å². The number of carbonyl (C=O) groups excluding carboxylic acids is 1. The number of nitrogens with two attached hydrogens (primary N) is 1. The molecule has 1 aromatic rings. The topological polar surface area (TPSA) is 64.3 Å². The third kappa shape index (κ3) is 3.89. The van der Waals surface area contributed by atoms with Crippen molar-refractivity contribution < 1.29 is 9.53 Å². The molecule has 23 heavy (non-hydrogen) atoms. The summed E-state index contributed by atoms with van der Waals surface area (Å²) in [6.45, 7) is 0. The lowest BCUT2D eigenvalue weighted by Crippen LogP contribution is -2.54. The number of nitrogens with one attached hydrogen (secondary N) is 1. The maximum Gasteiger partial charge on any atom is 0.224 e. The van der Waals surface area contributed by atoms with Crippen LogP contribution in [0.3, 0.4) is 0 Å². The molecule has 0 aliphatic heterocycles. The van der Waals surface area contributed by atoms with Crippen molar-refractivity contribution in [1.29, 1.82) is 0 Å². The first-order valence-electron chi connectivity index (χ1n) is 8.44. The zero-order chi connectivity index (χ0) is 16.4. The highest BCUT2D eigenvalue weighted by Crippen LogP contribution is 2.39. The van der Waals surface area contributed by atoms with Crippen LogP contribution in [-0.4, -0.2) is 25.1 Å². The lowest BCUT2D eigenvalue weighted by atomic mass is 9.67. The van der Waals surface area contributed by atoms with E-state index in [1.165, 1.54) is 19.3 Å². The van der Waals surface area contributed by atoms with Gasteiger partial charge in [0, 0.05) is 22.1 Å². The number of methoxy groups -OCH3 is 1. The molecule has 2 bridgehead atoms. The maximum atomic E-state index is 12.6. The summed E-state index contributed by atoms with van der Waals surface area (Å²) in [5.41, 5.74) is 7.08. The van der Waals surface area contributed by atoms with Gasteiger partial charge < -0.3 is 15.8 Å². The monoisotopic (exact) mass is 380 g/mol. The summed E-state index contributed by atoms with van der Waals surface area (Å²) in [5, 5.41) is 3.30. The van der Waals surface area contributed by atoms with Gasteiger partial charge >= 0.3 is 0 Å².